The molecule has 0 spiro atoms. The number of esters is 1. The van der Waals surface area contributed by atoms with Gasteiger partial charge in [0.15, 0.2) is 0 Å². The van der Waals surface area contributed by atoms with Gasteiger partial charge in [-0.2, -0.15) is 11.8 Å². The molecule has 0 fully saturated rings. The van der Waals surface area contributed by atoms with Crippen molar-refractivity contribution in [3.8, 4) is 21.7 Å². The van der Waals surface area contributed by atoms with Crippen LogP contribution in [-0.4, -0.2) is 42.0 Å². The zero-order valence-corrected chi connectivity index (χ0v) is 25.0. The molecule has 4 aromatic rings. The third-order valence-corrected chi connectivity index (χ3v) is 8.31. The summed E-state index contributed by atoms with van der Waals surface area (Å²) in [4.78, 5) is 31.2. The van der Waals surface area contributed by atoms with E-state index in [4.69, 9.17) is 21.1 Å². The molecule has 1 unspecified atom stereocenters. The number of nitrogens with one attached hydrogen (secondary N) is 1. The second-order valence-corrected chi connectivity index (χ2v) is 11.6. The van der Waals surface area contributed by atoms with Crippen LogP contribution in [0.4, 0.5) is 0 Å². The highest BCUT2D eigenvalue weighted by atomic mass is 35.5. The molecule has 0 radical (unpaired) electrons. The standard InChI is InChI=1S/C31H31ClN2O4S2/c1-20-8-4-5-9-23(20)26-16-21(12-13-24(26)29(35)34-28(14-15-39-3)31(36)37-2)18-38-19-22-17-33-30(40-22)25-10-6-7-11-27(25)32/h4-13,16-17,28H,14-15,18-19H2,1-3H3,(H,34,35). The van der Waals surface area contributed by atoms with E-state index in [1.54, 1.807) is 29.2 Å². The number of amides is 1. The van der Waals surface area contributed by atoms with Crippen LogP contribution in [0.1, 0.15) is 32.8 Å². The molecule has 1 aromatic heterocycles. The first-order valence-electron chi connectivity index (χ1n) is 12.7. The number of hydrogen-bond donors (Lipinski definition) is 1. The highest BCUT2D eigenvalue weighted by Crippen LogP contribution is 2.32. The number of carbonyl (C=O) groups is 2. The van der Waals surface area contributed by atoms with Crippen LogP contribution >= 0.6 is 34.7 Å². The highest BCUT2D eigenvalue weighted by Gasteiger charge is 2.24. The van der Waals surface area contributed by atoms with E-state index in [1.807, 2.05) is 80.0 Å². The molecule has 0 saturated heterocycles. The molecule has 0 aliphatic rings. The maximum atomic E-state index is 13.4. The van der Waals surface area contributed by atoms with Crippen molar-refractivity contribution in [2.45, 2.75) is 32.6 Å². The summed E-state index contributed by atoms with van der Waals surface area (Å²) in [5.74, 6) is -0.0507. The smallest absolute Gasteiger partial charge is 0.328 e. The average Bonchev–Trinajstić information content (AvgIpc) is 3.43. The second kappa shape index (κ2) is 14.5. The van der Waals surface area contributed by atoms with E-state index in [9.17, 15) is 9.59 Å². The molecule has 9 heteroatoms. The van der Waals surface area contributed by atoms with E-state index in [2.05, 4.69) is 10.3 Å². The minimum atomic E-state index is -0.715. The highest BCUT2D eigenvalue weighted by molar-refractivity contribution is 7.98. The lowest BCUT2D eigenvalue weighted by atomic mass is 9.93. The zero-order chi connectivity index (χ0) is 28.5. The van der Waals surface area contributed by atoms with E-state index in [-0.39, 0.29) is 5.91 Å². The molecule has 40 heavy (non-hydrogen) atoms. The van der Waals surface area contributed by atoms with Gasteiger partial charge in [0.25, 0.3) is 5.91 Å². The molecule has 4 rings (SSSR count). The van der Waals surface area contributed by atoms with Crippen molar-refractivity contribution < 1.29 is 19.1 Å². The van der Waals surface area contributed by atoms with Crippen LogP contribution in [0.2, 0.25) is 5.02 Å². The fraction of sp³-hybridized carbons (Fsp3) is 0.258. The van der Waals surface area contributed by atoms with Crippen molar-refractivity contribution in [3.63, 3.8) is 0 Å². The van der Waals surface area contributed by atoms with E-state index in [0.29, 0.717) is 30.2 Å². The number of aryl methyl sites for hydroxylation is 1. The van der Waals surface area contributed by atoms with Gasteiger partial charge >= 0.3 is 5.97 Å². The van der Waals surface area contributed by atoms with Gasteiger partial charge in [0.1, 0.15) is 11.0 Å². The number of carbonyl (C=O) groups excluding carboxylic acids is 2. The molecule has 1 heterocycles. The Balaban J connectivity index is 1.52. The maximum Gasteiger partial charge on any atom is 0.328 e. The normalized spacial score (nSPS) is 11.7. The third kappa shape index (κ3) is 7.52. The molecule has 0 aliphatic carbocycles. The molecule has 1 amide bonds. The topological polar surface area (TPSA) is 77.5 Å². The lowest BCUT2D eigenvalue weighted by Gasteiger charge is -2.19. The first-order chi connectivity index (χ1) is 19.4. The maximum absolute atomic E-state index is 13.4. The molecule has 0 aliphatic heterocycles. The van der Waals surface area contributed by atoms with Crippen molar-refractivity contribution in [3.05, 3.63) is 99.5 Å². The average molecular weight is 595 g/mol. The molecule has 3 aromatic carbocycles. The van der Waals surface area contributed by atoms with Crippen molar-refractivity contribution >= 4 is 46.6 Å². The van der Waals surface area contributed by atoms with Gasteiger partial charge in [0.2, 0.25) is 0 Å². The van der Waals surface area contributed by atoms with Crippen LogP contribution in [0, 0.1) is 6.92 Å². The Kier molecular flexibility index (Phi) is 10.8. The molecule has 6 nitrogen and oxygen atoms in total. The number of rotatable bonds is 12. The lowest BCUT2D eigenvalue weighted by molar-refractivity contribution is -0.142. The van der Waals surface area contributed by atoms with Crippen LogP contribution in [0.3, 0.4) is 0 Å². The summed E-state index contributed by atoms with van der Waals surface area (Å²) in [7, 11) is 1.33. The Morgan fingerprint density at radius 2 is 1.77 bits per heavy atom. The minimum absolute atomic E-state index is 0.320. The van der Waals surface area contributed by atoms with Crippen LogP contribution in [0.5, 0.6) is 0 Å². The summed E-state index contributed by atoms with van der Waals surface area (Å²) < 4.78 is 11.0. The predicted octanol–water partition coefficient (Wildman–Crippen LogP) is 7.18. The number of thioether (sulfide) groups is 1. The summed E-state index contributed by atoms with van der Waals surface area (Å²) in [6.07, 6.45) is 4.26. The summed E-state index contributed by atoms with van der Waals surface area (Å²) in [6, 6.07) is 20.5. The van der Waals surface area contributed by atoms with Crippen molar-refractivity contribution in [2.75, 3.05) is 19.1 Å². The SMILES string of the molecule is COC(=O)C(CCSC)NC(=O)c1ccc(COCc2cnc(-c3ccccc3Cl)s2)cc1-c1ccccc1C. The number of benzene rings is 3. The van der Waals surface area contributed by atoms with Gasteiger partial charge < -0.3 is 14.8 Å². The quantitative estimate of drug-likeness (QED) is 0.175. The Morgan fingerprint density at radius 3 is 2.50 bits per heavy atom. The fourth-order valence-corrected chi connectivity index (χ4v) is 5.88. The number of thiazole rings is 1. The van der Waals surface area contributed by atoms with Crippen molar-refractivity contribution in [2.24, 2.45) is 0 Å². The number of aromatic nitrogens is 1. The van der Waals surface area contributed by atoms with E-state index >= 15 is 0 Å². The Hall–Kier alpha value is -3.17. The summed E-state index contributed by atoms with van der Waals surface area (Å²) in [5, 5.41) is 4.40. The van der Waals surface area contributed by atoms with Gasteiger partial charge in [0.05, 0.1) is 30.2 Å². The number of halogens is 1. The number of methoxy groups -OCH3 is 1. The molecule has 0 saturated carbocycles. The molecule has 0 bridgehead atoms. The summed E-state index contributed by atoms with van der Waals surface area (Å²) in [6.45, 7) is 2.77. The zero-order valence-electron chi connectivity index (χ0n) is 22.6. The monoisotopic (exact) mass is 594 g/mol. The summed E-state index contributed by atoms with van der Waals surface area (Å²) >= 11 is 9.48. The van der Waals surface area contributed by atoms with E-state index in [1.165, 1.54) is 7.11 Å². The van der Waals surface area contributed by atoms with Gasteiger partial charge in [-0.25, -0.2) is 9.78 Å². The van der Waals surface area contributed by atoms with Crippen molar-refractivity contribution in [1.29, 1.82) is 0 Å². The third-order valence-electron chi connectivity index (χ3n) is 6.34. The Labute approximate surface area is 248 Å². The second-order valence-electron chi connectivity index (χ2n) is 9.13. The largest absolute Gasteiger partial charge is 0.467 e. The van der Waals surface area contributed by atoms with Crippen LogP contribution in [-0.2, 0) is 27.5 Å². The molecular formula is C31H31ClN2O4S2. The van der Waals surface area contributed by atoms with Crippen LogP contribution in [0.25, 0.3) is 21.7 Å². The Morgan fingerprint density at radius 1 is 1.02 bits per heavy atom. The number of ether oxygens (including phenoxy) is 2. The first kappa shape index (κ1) is 29.8. The molecule has 208 valence electrons. The molecule has 1 N–H and O–H groups in total. The molecular weight excluding hydrogens is 564 g/mol. The van der Waals surface area contributed by atoms with Crippen LogP contribution < -0.4 is 5.32 Å². The number of hydrogen-bond acceptors (Lipinski definition) is 7. The lowest BCUT2D eigenvalue weighted by Crippen LogP contribution is -2.42. The first-order valence-corrected chi connectivity index (χ1v) is 15.3. The molecule has 1 atom stereocenters. The predicted molar refractivity (Wildman–Crippen MR) is 164 cm³/mol. The Bertz CT molecular complexity index is 1470. The van der Waals surface area contributed by atoms with Gasteiger partial charge in [-0.05, 0) is 65.8 Å². The number of nitrogens with zero attached hydrogens (tertiary/aromatic N) is 1. The van der Waals surface area contributed by atoms with E-state index < -0.39 is 12.0 Å². The minimum Gasteiger partial charge on any atom is -0.467 e. The van der Waals surface area contributed by atoms with Crippen LogP contribution in [0.15, 0.2) is 72.9 Å². The van der Waals surface area contributed by atoms with E-state index in [0.717, 1.165) is 43.5 Å². The van der Waals surface area contributed by atoms with Gasteiger partial charge in [-0.3, -0.25) is 4.79 Å². The fourth-order valence-electron chi connectivity index (χ4n) is 4.24. The van der Waals surface area contributed by atoms with Gasteiger partial charge in [-0.15, -0.1) is 11.3 Å². The summed E-state index contributed by atoms with van der Waals surface area (Å²) in [5.41, 5.74) is 5.09. The van der Waals surface area contributed by atoms with Crippen molar-refractivity contribution in [1.82, 2.24) is 10.3 Å². The van der Waals surface area contributed by atoms with Gasteiger partial charge in [-0.1, -0.05) is 60.1 Å². The van der Waals surface area contributed by atoms with Gasteiger partial charge in [0, 0.05) is 17.3 Å².